The lowest BCUT2D eigenvalue weighted by molar-refractivity contribution is 0.0695. The predicted octanol–water partition coefficient (Wildman–Crippen LogP) is 3.04. The second kappa shape index (κ2) is 13.5. The first-order valence-electron chi connectivity index (χ1n) is 11.4. The van der Waals surface area contributed by atoms with Gasteiger partial charge in [0.2, 0.25) is 0 Å². The van der Waals surface area contributed by atoms with Crippen LogP contribution in [0.15, 0.2) is 66.7 Å². The van der Waals surface area contributed by atoms with Crippen LogP contribution >= 0.6 is 0 Å². The van der Waals surface area contributed by atoms with E-state index in [2.05, 4.69) is 5.32 Å². The quantitative estimate of drug-likeness (QED) is 0.222. The molecule has 35 heavy (non-hydrogen) atoms. The summed E-state index contributed by atoms with van der Waals surface area (Å²) in [6, 6.07) is 19.1. The first-order chi connectivity index (χ1) is 17.0. The van der Waals surface area contributed by atoms with E-state index in [9.17, 15) is 20.1 Å². The van der Waals surface area contributed by atoms with Crippen molar-refractivity contribution in [3.8, 4) is 11.5 Å². The highest BCUT2D eigenvalue weighted by Crippen LogP contribution is 2.22. The van der Waals surface area contributed by atoms with Crippen LogP contribution in [-0.4, -0.2) is 52.7 Å². The maximum atomic E-state index is 11.0. The second-order valence-corrected chi connectivity index (χ2v) is 8.07. The van der Waals surface area contributed by atoms with Crippen LogP contribution in [0.25, 0.3) is 0 Å². The van der Waals surface area contributed by atoms with Crippen molar-refractivity contribution < 1.29 is 34.7 Å². The summed E-state index contributed by atoms with van der Waals surface area (Å²) in [7, 11) is 0. The summed E-state index contributed by atoms with van der Waals surface area (Å²) >= 11 is 0. The van der Waals surface area contributed by atoms with Crippen molar-refractivity contribution in [1.29, 1.82) is 0 Å². The van der Waals surface area contributed by atoms with Gasteiger partial charge in [0.25, 0.3) is 0 Å². The van der Waals surface area contributed by atoms with Crippen molar-refractivity contribution in [3.63, 3.8) is 0 Å². The minimum atomic E-state index is -0.960. The number of carboxylic acid groups (broad SMARTS) is 1. The Kier molecular flexibility index (Phi) is 10.1. The fraction of sp³-hybridized carbons (Fsp3) is 0.296. The van der Waals surface area contributed by atoms with Gasteiger partial charge >= 0.3 is 5.97 Å². The molecule has 0 unspecified atom stereocenters. The van der Waals surface area contributed by atoms with Crippen LogP contribution in [-0.2, 0) is 24.4 Å². The highest BCUT2D eigenvalue weighted by Gasteiger charge is 2.10. The molecule has 1 atom stereocenters. The molecule has 0 fully saturated rings. The Balaban J connectivity index is 1.31. The Hall–Kier alpha value is -3.43. The van der Waals surface area contributed by atoms with Crippen molar-refractivity contribution >= 4 is 5.97 Å². The molecule has 8 heteroatoms. The van der Waals surface area contributed by atoms with Gasteiger partial charge in [-0.2, -0.15) is 0 Å². The first kappa shape index (κ1) is 26.2. The number of hydrogen-bond donors (Lipinski definition) is 5. The molecule has 186 valence electrons. The van der Waals surface area contributed by atoms with Gasteiger partial charge in [-0.05, 0) is 66.1 Å². The van der Waals surface area contributed by atoms with E-state index in [0.717, 1.165) is 23.3 Å². The molecule has 5 N–H and O–H groups in total. The average Bonchev–Trinajstić information content (AvgIpc) is 2.87. The molecule has 0 radical (unpaired) electrons. The summed E-state index contributed by atoms with van der Waals surface area (Å²) in [6.45, 7) is 1.84. The number of carboxylic acids is 1. The molecule has 0 aliphatic rings. The number of benzene rings is 3. The van der Waals surface area contributed by atoms with Gasteiger partial charge in [0.15, 0.2) is 0 Å². The zero-order valence-corrected chi connectivity index (χ0v) is 19.4. The second-order valence-electron chi connectivity index (χ2n) is 8.07. The van der Waals surface area contributed by atoms with Crippen molar-refractivity contribution in [3.05, 3.63) is 94.5 Å². The van der Waals surface area contributed by atoms with Gasteiger partial charge in [-0.15, -0.1) is 0 Å². The Labute approximate surface area is 204 Å². The molecule has 0 spiro atoms. The minimum Gasteiger partial charge on any atom is -0.508 e. The van der Waals surface area contributed by atoms with Gasteiger partial charge < -0.3 is 35.2 Å². The third-order valence-corrected chi connectivity index (χ3v) is 5.45. The number of aromatic carboxylic acids is 1. The fourth-order valence-corrected chi connectivity index (χ4v) is 3.48. The predicted molar refractivity (Wildman–Crippen MR) is 131 cm³/mol. The number of aliphatic hydroxyl groups excluding tert-OH is 2. The molecular weight excluding hydrogens is 450 g/mol. The maximum absolute atomic E-state index is 11.0. The number of hydrogen-bond acceptors (Lipinski definition) is 7. The Morgan fingerprint density at radius 1 is 0.971 bits per heavy atom. The number of ether oxygens (including phenoxy) is 2. The summed E-state index contributed by atoms with van der Waals surface area (Å²) < 4.78 is 11.3. The minimum absolute atomic E-state index is 0.0135. The summed E-state index contributed by atoms with van der Waals surface area (Å²) in [5, 5.41) is 41.4. The van der Waals surface area contributed by atoms with E-state index < -0.39 is 12.1 Å². The zero-order chi connectivity index (χ0) is 25.0. The van der Waals surface area contributed by atoms with E-state index in [4.69, 9.17) is 14.6 Å². The smallest absolute Gasteiger partial charge is 0.335 e. The largest absolute Gasteiger partial charge is 0.508 e. The van der Waals surface area contributed by atoms with Crippen LogP contribution in [0, 0.1) is 0 Å². The standard InChI is InChI=1S/C27H31NO7/c29-17-23-15-21(6-9-25(23)30)26(31)16-28-11-10-19-4-7-24(8-5-19)35-13-12-34-18-20-2-1-3-22(14-20)27(32)33/h1-9,14-15,26,28-31H,10-13,16-18H2,(H,32,33)/t26-/m0/s1. The van der Waals surface area contributed by atoms with Gasteiger partial charge in [0.05, 0.1) is 31.5 Å². The molecule has 3 aromatic carbocycles. The monoisotopic (exact) mass is 481 g/mol. The maximum Gasteiger partial charge on any atom is 0.335 e. The normalized spacial score (nSPS) is 11.8. The van der Waals surface area contributed by atoms with E-state index >= 15 is 0 Å². The lowest BCUT2D eigenvalue weighted by Crippen LogP contribution is -2.23. The van der Waals surface area contributed by atoms with Crippen LogP contribution in [0.1, 0.15) is 38.7 Å². The Bertz CT molecular complexity index is 1090. The lowest BCUT2D eigenvalue weighted by atomic mass is 10.1. The van der Waals surface area contributed by atoms with E-state index in [1.54, 1.807) is 30.3 Å². The van der Waals surface area contributed by atoms with Crippen molar-refractivity contribution in [2.75, 3.05) is 26.3 Å². The van der Waals surface area contributed by atoms with Crippen molar-refractivity contribution in [1.82, 2.24) is 5.32 Å². The summed E-state index contributed by atoms with van der Waals surface area (Å²) in [4.78, 5) is 11.0. The molecule has 8 nitrogen and oxygen atoms in total. The molecule has 0 heterocycles. The molecule has 3 rings (SSSR count). The van der Waals surface area contributed by atoms with E-state index in [1.807, 2.05) is 30.3 Å². The topological polar surface area (TPSA) is 128 Å². The number of carbonyl (C=O) groups is 1. The van der Waals surface area contributed by atoms with Gasteiger partial charge in [-0.3, -0.25) is 0 Å². The van der Waals surface area contributed by atoms with E-state index in [-0.39, 0.29) is 17.9 Å². The van der Waals surface area contributed by atoms with Crippen LogP contribution in [0.3, 0.4) is 0 Å². The third kappa shape index (κ3) is 8.38. The molecule has 0 aliphatic heterocycles. The summed E-state index contributed by atoms with van der Waals surface area (Å²) in [5.41, 5.74) is 3.19. The van der Waals surface area contributed by atoms with Crippen molar-refractivity contribution in [2.45, 2.75) is 25.7 Å². The third-order valence-electron chi connectivity index (χ3n) is 5.45. The van der Waals surface area contributed by atoms with Crippen LogP contribution in [0.2, 0.25) is 0 Å². The molecular formula is C27H31NO7. The van der Waals surface area contributed by atoms with Gasteiger partial charge in [-0.25, -0.2) is 4.79 Å². The molecule has 0 aromatic heterocycles. The first-order valence-corrected chi connectivity index (χ1v) is 11.4. The molecule has 0 aliphatic carbocycles. The molecule has 0 bridgehead atoms. The molecule has 0 saturated heterocycles. The number of aliphatic hydroxyl groups is 2. The number of nitrogens with one attached hydrogen (secondary N) is 1. The molecule has 0 amide bonds. The highest BCUT2D eigenvalue weighted by atomic mass is 16.5. The Morgan fingerprint density at radius 2 is 1.77 bits per heavy atom. The lowest BCUT2D eigenvalue weighted by Gasteiger charge is -2.14. The highest BCUT2D eigenvalue weighted by molar-refractivity contribution is 5.87. The number of rotatable bonds is 14. The molecule has 3 aromatic rings. The van der Waals surface area contributed by atoms with Crippen LogP contribution in [0.5, 0.6) is 11.5 Å². The SMILES string of the molecule is O=C(O)c1cccc(COCCOc2ccc(CCNC[C@H](O)c3ccc(O)c(CO)c3)cc2)c1. The van der Waals surface area contributed by atoms with Gasteiger partial charge in [0.1, 0.15) is 18.1 Å². The van der Waals surface area contributed by atoms with E-state index in [1.165, 1.54) is 6.07 Å². The van der Waals surface area contributed by atoms with Crippen LogP contribution < -0.4 is 10.1 Å². The Morgan fingerprint density at radius 3 is 2.51 bits per heavy atom. The number of phenols is 1. The van der Waals surface area contributed by atoms with E-state index in [0.29, 0.717) is 44.0 Å². The zero-order valence-electron chi connectivity index (χ0n) is 19.4. The fourth-order valence-electron chi connectivity index (χ4n) is 3.48. The van der Waals surface area contributed by atoms with Gasteiger partial charge in [-0.1, -0.05) is 30.3 Å². The average molecular weight is 482 g/mol. The summed E-state index contributed by atoms with van der Waals surface area (Å²) in [6.07, 6.45) is 0.0446. The van der Waals surface area contributed by atoms with Crippen molar-refractivity contribution in [2.24, 2.45) is 0 Å². The molecule has 0 saturated carbocycles. The number of aromatic hydroxyl groups is 1. The van der Waals surface area contributed by atoms with Gasteiger partial charge in [0, 0.05) is 12.1 Å². The van der Waals surface area contributed by atoms with Crippen LogP contribution in [0.4, 0.5) is 0 Å². The summed E-state index contributed by atoms with van der Waals surface area (Å²) in [5.74, 6) is -0.210.